The van der Waals surface area contributed by atoms with Gasteiger partial charge in [-0.25, -0.2) is 13.1 Å². The van der Waals surface area contributed by atoms with Crippen molar-refractivity contribution in [1.29, 1.82) is 0 Å². The minimum Gasteiger partial charge on any atom is -0.316 e. The van der Waals surface area contributed by atoms with Crippen LogP contribution in [0.25, 0.3) is 0 Å². The first-order chi connectivity index (χ1) is 9.92. The average Bonchev–Trinajstić information content (AvgIpc) is 2.85. The van der Waals surface area contributed by atoms with Crippen molar-refractivity contribution in [3.8, 4) is 0 Å². The van der Waals surface area contributed by atoms with Crippen LogP contribution in [0.1, 0.15) is 16.8 Å². The first-order valence-electron chi connectivity index (χ1n) is 6.33. The van der Waals surface area contributed by atoms with Crippen LogP contribution in [-0.2, 0) is 23.1 Å². The molecular weight excluding hydrogens is 310 g/mol. The van der Waals surface area contributed by atoms with Crippen LogP contribution in [0, 0.1) is 6.92 Å². The molecule has 0 amide bonds. The highest BCUT2D eigenvalue weighted by molar-refractivity contribution is 7.89. The van der Waals surface area contributed by atoms with E-state index in [1.165, 1.54) is 0 Å². The molecule has 0 unspecified atom stereocenters. The van der Waals surface area contributed by atoms with Crippen LogP contribution >= 0.6 is 11.3 Å². The summed E-state index contributed by atoms with van der Waals surface area (Å²) in [6, 6.07) is 5.02. The molecule has 0 fully saturated rings. The summed E-state index contributed by atoms with van der Waals surface area (Å²) in [4.78, 5) is 13.6. The molecule has 0 spiro atoms. The zero-order valence-corrected chi connectivity index (χ0v) is 13.4. The topological polar surface area (TPSA) is 91.1 Å². The molecule has 0 radical (unpaired) electrons. The summed E-state index contributed by atoms with van der Waals surface area (Å²) >= 11 is 1.01. The Morgan fingerprint density at radius 2 is 2.05 bits per heavy atom. The Morgan fingerprint density at radius 3 is 2.67 bits per heavy atom. The van der Waals surface area contributed by atoms with Gasteiger partial charge in [0.25, 0.3) is 0 Å². The van der Waals surface area contributed by atoms with Crippen molar-refractivity contribution in [2.24, 2.45) is 0 Å². The second-order valence-corrected chi connectivity index (χ2v) is 7.23. The van der Waals surface area contributed by atoms with Crippen molar-refractivity contribution in [1.82, 2.24) is 15.0 Å². The van der Waals surface area contributed by atoms with Crippen LogP contribution in [0.2, 0.25) is 0 Å². The molecule has 0 bridgehead atoms. The molecule has 21 heavy (non-hydrogen) atoms. The summed E-state index contributed by atoms with van der Waals surface area (Å²) in [6.45, 7) is 2.61. The number of rotatable bonds is 6. The molecule has 0 aliphatic heterocycles. The van der Waals surface area contributed by atoms with Gasteiger partial charge in [-0.05, 0) is 37.2 Å². The molecule has 1 aromatic heterocycles. The third kappa shape index (κ3) is 4.01. The first-order valence-corrected chi connectivity index (χ1v) is 8.69. The number of hydrogen-bond donors (Lipinski definition) is 3. The molecule has 1 aromatic carbocycles. The smallest absolute Gasteiger partial charge is 0.304 e. The van der Waals surface area contributed by atoms with E-state index in [2.05, 4.69) is 15.0 Å². The largest absolute Gasteiger partial charge is 0.316 e. The maximum absolute atomic E-state index is 12.3. The highest BCUT2D eigenvalue weighted by Crippen LogP contribution is 2.15. The lowest BCUT2D eigenvalue weighted by Crippen LogP contribution is -2.24. The number of aromatic nitrogens is 1. The molecule has 8 heteroatoms. The second-order valence-electron chi connectivity index (χ2n) is 4.62. The number of hydrogen-bond acceptors (Lipinski definition) is 5. The molecule has 0 saturated carbocycles. The highest BCUT2D eigenvalue weighted by atomic mass is 32.2. The van der Waals surface area contributed by atoms with Crippen molar-refractivity contribution < 1.29 is 8.42 Å². The number of aromatic amines is 1. The van der Waals surface area contributed by atoms with Crippen LogP contribution in [0.5, 0.6) is 0 Å². The van der Waals surface area contributed by atoms with E-state index in [9.17, 15) is 13.2 Å². The van der Waals surface area contributed by atoms with Crippen LogP contribution in [-0.4, -0.2) is 20.4 Å². The van der Waals surface area contributed by atoms with Gasteiger partial charge in [-0.3, -0.25) is 4.79 Å². The van der Waals surface area contributed by atoms with E-state index in [1.807, 2.05) is 14.0 Å². The molecule has 2 aromatic rings. The SMILES string of the molecule is CNCc1cc(S(=O)(=O)NCc2csc(=O)[nH]2)ccc1C. The van der Waals surface area contributed by atoms with Gasteiger partial charge in [0.05, 0.1) is 11.4 Å². The van der Waals surface area contributed by atoms with Crippen LogP contribution in [0.3, 0.4) is 0 Å². The maximum Gasteiger partial charge on any atom is 0.304 e. The van der Waals surface area contributed by atoms with Crippen molar-refractivity contribution in [2.75, 3.05) is 7.05 Å². The van der Waals surface area contributed by atoms with Crippen molar-refractivity contribution in [3.05, 3.63) is 50.1 Å². The molecule has 6 nitrogen and oxygen atoms in total. The second kappa shape index (κ2) is 6.52. The van der Waals surface area contributed by atoms with Gasteiger partial charge in [-0.1, -0.05) is 17.4 Å². The zero-order chi connectivity index (χ0) is 15.5. The molecule has 0 aliphatic rings. The molecule has 2 rings (SSSR count). The zero-order valence-electron chi connectivity index (χ0n) is 11.8. The summed E-state index contributed by atoms with van der Waals surface area (Å²) in [5.74, 6) is 0. The average molecular weight is 327 g/mol. The van der Waals surface area contributed by atoms with Gasteiger partial charge in [0, 0.05) is 17.6 Å². The van der Waals surface area contributed by atoms with Gasteiger partial charge in [0.1, 0.15) is 0 Å². The van der Waals surface area contributed by atoms with Gasteiger partial charge in [-0.15, -0.1) is 0 Å². The Kier molecular flexibility index (Phi) is 4.94. The lowest BCUT2D eigenvalue weighted by atomic mass is 10.1. The lowest BCUT2D eigenvalue weighted by Gasteiger charge is -2.10. The number of thiazole rings is 1. The molecule has 114 valence electrons. The number of benzene rings is 1. The predicted molar refractivity (Wildman–Crippen MR) is 82.9 cm³/mol. The van der Waals surface area contributed by atoms with E-state index in [0.717, 1.165) is 22.5 Å². The Balaban J connectivity index is 2.19. The standard InChI is InChI=1S/C13H17N3O3S2/c1-9-3-4-12(5-10(9)6-14-2)21(18,19)15-7-11-8-20-13(17)16-11/h3-5,8,14-15H,6-7H2,1-2H3,(H,16,17). The number of aryl methyl sites for hydroxylation is 1. The molecule has 0 aliphatic carbocycles. The summed E-state index contributed by atoms with van der Waals surface area (Å²) in [7, 11) is -1.79. The van der Waals surface area contributed by atoms with Gasteiger partial charge < -0.3 is 10.3 Å². The first kappa shape index (κ1) is 15.9. The van der Waals surface area contributed by atoms with Crippen molar-refractivity contribution in [3.63, 3.8) is 0 Å². The predicted octanol–water partition coefficient (Wildman–Crippen LogP) is 0.943. The van der Waals surface area contributed by atoms with Gasteiger partial charge >= 0.3 is 4.87 Å². The number of sulfonamides is 1. The molecule has 1 heterocycles. The van der Waals surface area contributed by atoms with E-state index >= 15 is 0 Å². The van der Waals surface area contributed by atoms with E-state index < -0.39 is 10.0 Å². The number of nitrogens with one attached hydrogen (secondary N) is 3. The molecule has 3 N–H and O–H groups in total. The summed E-state index contributed by atoms with van der Waals surface area (Å²) in [6.07, 6.45) is 0. The van der Waals surface area contributed by atoms with E-state index in [-0.39, 0.29) is 16.3 Å². The third-order valence-electron chi connectivity index (χ3n) is 3.02. The van der Waals surface area contributed by atoms with Crippen LogP contribution < -0.4 is 14.9 Å². The quantitative estimate of drug-likeness (QED) is 0.736. The van der Waals surface area contributed by atoms with Gasteiger partial charge in [0.2, 0.25) is 10.0 Å². The van der Waals surface area contributed by atoms with Crippen LogP contribution in [0.4, 0.5) is 0 Å². The molecular formula is C13H17N3O3S2. The number of H-pyrrole nitrogens is 1. The normalized spacial score (nSPS) is 11.7. The Hall–Kier alpha value is -1.48. The summed E-state index contributed by atoms with van der Waals surface area (Å²) in [5, 5.41) is 4.61. The van der Waals surface area contributed by atoms with Crippen molar-refractivity contribution in [2.45, 2.75) is 24.9 Å². The molecule has 0 saturated heterocycles. The summed E-state index contributed by atoms with van der Waals surface area (Å²) < 4.78 is 27.0. The molecule has 0 atom stereocenters. The fourth-order valence-electron chi connectivity index (χ4n) is 1.85. The van der Waals surface area contributed by atoms with Gasteiger partial charge in [0.15, 0.2) is 0 Å². The Labute approximate surface area is 127 Å². The third-order valence-corrected chi connectivity index (χ3v) is 5.14. The fourth-order valence-corrected chi connectivity index (χ4v) is 3.49. The minimum absolute atomic E-state index is 0.0658. The fraction of sp³-hybridized carbons (Fsp3) is 0.308. The highest BCUT2D eigenvalue weighted by Gasteiger charge is 2.15. The maximum atomic E-state index is 12.3. The van der Waals surface area contributed by atoms with Crippen molar-refractivity contribution >= 4 is 21.4 Å². The minimum atomic E-state index is -3.60. The van der Waals surface area contributed by atoms with Gasteiger partial charge in [-0.2, -0.15) is 0 Å². The Bertz CT molecular complexity index is 778. The van der Waals surface area contributed by atoms with E-state index in [4.69, 9.17) is 0 Å². The summed E-state index contributed by atoms with van der Waals surface area (Å²) in [5.41, 5.74) is 2.52. The van der Waals surface area contributed by atoms with E-state index in [0.29, 0.717) is 12.2 Å². The van der Waals surface area contributed by atoms with Crippen LogP contribution in [0.15, 0.2) is 33.3 Å². The lowest BCUT2D eigenvalue weighted by molar-refractivity contribution is 0.580. The Morgan fingerprint density at radius 1 is 1.29 bits per heavy atom. The van der Waals surface area contributed by atoms with E-state index in [1.54, 1.807) is 23.6 Å². The monoisotopic (exact) mass is 327 g/mol.